The van der Waals surface area contributed by atoms with E-state index in [4.69, 9.17) is 5.26 Å². The Morgan fingerprint density at radius 1 is 1.30 bits per heavy atom. The Labute approximate surface area is 137 Å². The largest absolute Gasteiger partial charge is 0.337 e. The lowest BCUT2D eigenvalue weighted by Crippen LogP contribution is -2.38. The smallest absolute Gasteiger partial charge is 0.253 e. The molecule has 0 aliphatic heterocycles. The SMILES string of the molecule is CS(=O)(=O)Cc1ccc(C(=O)N(CCC#N)CC2CCC2)cc1. The monoisotopic (exact) mass is 334 g/mol. The molecule has 0 unspecified atom stereocenters. The van der Waals surface area contributed by atoms with E-state index >= 15 is 0 Å². The van der Waals surface area contributed by atoms with Gasteiger partial charge >= 0.3 is 0 Å². The second-order valence-electron chi connectivity index (χ2n) is 6.22. The predicted molar refractivity (Wildman–Crippen MR) is 88.5 cm³/mol. The first-order chi connectivity index (χ1) is 10.9. The fourth-order valence-corrected chi connectivity index (χ4v) is 3.47. The summed E-state index contributed by atoms with van der Waals surface area (Å²) < 4.78 is 22.6. The minimum atomic E-state index is -3.08. The normalized spacial score (nSPS) is 14.8. The van der Waals surface area contributed by atoms with E-state index in [1.807, 2.05) is 0 Å². The zero-order valence-electron chi connectivity index (χ0n) is 13.4. The van der Waals surface area contributed by atoms with Gasteiger partial charge in [0.25, 0.3) is 5.91 Å². The molecule has 0 bridgehead atoms. The van der Waals surface area contributed by atoms with Gasteiger partial charge in [0.1, 0.15) is 0 Å². The summed E-state index contributed by atoms with van der Waals surface area (Å²) in [5.74, 6) is 0.432. The van der Waals surface area contributed by atoms with Gasteiger partial charge in [-0.3, -0.25) is 4.79 Å². The van der Waals surface area contributed by atoms with E-state index in [2.05, 4.69) is 6.07 Å². The van der Waals surface area contributed by atoms with Gasteiger partial charge in [-0.25, -0.2) is 8.42 Å². The highest BCUT2D eigenvalue weighted by atomic mass is 32.2. The second kappa shape index (κ2) is 7.60. The maximum Gasteiger partial charge on any atom is 0.253 e. The van der Waals surface area contributed by atoms with Crippen molar-refractivity contribution in [3.8, 4) is 6.07 Å². The quantitative estimate of drug-likeness (QED) is 0.767. The lowest BCUT2D eigenvalue weighted by molar-refractivity contribution is 0.0699. The van der Waals surface area contributed by atoms with Crippen molar-refractivity contribution >= 4 is 15.7 Å². The molecule has 1 aliphatic rings. The van der Waals surface area contributed by atoms with Crippen LogP contribution in [-0.2, 0) is 15.6 Å². The van der Waals surface area contributed by atoms with Crippen molar-refractivity contribution < 1.29 is 13.2 Å². The van der Waals surface area contributed by atoms with E-state index in [9.17, 15) is 13.2 Å². The molecule has 0 spiro atoms. The zero-order chi connectivity index (χ0) is 16.9. The van der Waals surface area contributed by atoms with E-state index in [-0.39, 0.29) is 11.7 Å². The van der Waals surface area contributed by atoms with Crippen LogP contribution in [0.4, 0.5) is 0 Å². The van der Waals surface area contributed by atoms with Crippen molar-refractivity contribution in [3.05, 3.63) is 35.4 Å². The van der Waals surface area contributed by atoms with Gasteiger partial charge in [-0.05, 0) is 36.5 Å². The number of hydrogen-bond acceptors (Lipinski definition) is 4. The Balaban J connectivity index is 2.07. The van der Waals surface area contributed by atoms with Crippen LogP contribution in [0.15, 0.2) is 24.3 Å². The van der Waals surface area contributed by atoms with Crippen molar-refractivity contribution in [2.75, 3.05) is 19.3 Å². The predicted octanol–water partition coefficient (Wildman–Crippen LogP) is 2.39. The molecule has 23 heavy (non-hydrogen) atoms. The van der Waals surface area contributed by atoms with Gasteiger partial charge in [-0.15, -0.1) is 0 Å². The highest BCUT2D eigenvalue weighted by molar-refractivity contribution is 7.89. The number of benzene rings is 1. The Bertz CT molecular complexity index is 686. The second-order valence-corrected chi connectivity index (χ2v) is 8.36. The van der Waals surface area contributed by atoms with Crippen LogP contribution in [0.1, 0.15) is 41.6 Å². The van der Waals surface area contributed by atoms with Crippen LogP contribution < -0.4 is 0 Å². The molecule has 1 amide bonds. The molecule has 1 aromatic rings. The van der Waals surface area contributed by atoms with Gasteiger partial charge in [0.05, 0.1) is 18.2 Å². The van der Waals surface area contributed by atoms with Crippen LogP contribution in [0, 0.1) is 17.2 Å². The number of nitrogens with zero attached hydrogens (tertiary/aromatic N) is 2. The fourth-order valence-electron chi connectivity index (χ4n) is 2.68. The number of rotatable bonds is 7. The minimum absolute atomic E-state index is 0.0261. The zero-order valence-corrected chi connectivity index (χ0v) is 14.2. The lowest BCUT2D eigenvalue weighted by atomic mass is 9.85. The fraction of sp³-hybridized carbons (Fsp3) is 0.529. The molecule has 0 radical (unpaired) electrons. The van der Waals surface area contributed by atoms with Gasteiger partial charge in [-0.2, -0.15) is 5.26 Å². The molecule has 0 N–H and O–H groups in total. The molecule has 6 heteroatoms. The first-order valence-corrected chi connectivity index (χ1v) is 9.88. The lowest BCUT2D eigenvalue weighted by Gasteiger charge is -2.32. The van der Waals surface area contributed by atoms with E-state index < -0.39 is 9.84 Å². The molecule has 0 saturated heterocycles. The van der Waals surface area contributed by atoms with Crippen LogP contribution in [0.5, 0.6) is 0 Å². The van der Waals surface area contributed by atoms with Crippen molar-refractivity contribution in [2.45, 2.75) is 31.4 Å². The Hall–Kier alpha value is -1.87. The molecule has 124 valence electrons. The summed E-state index contributed by atoms with van der Waals surface area (Å²) in [5, 5.41) is 8.77. The molecular weight excluding hydrogens is 312 g/mol. The Kier molecular flexibility index (Phi) is 5.78. The number of amides is 1. The van der Waals surface area contributed by atoms with E-state index in [0.717, 1.165) is 12.8 Å². The molecule has 1 saturated carbocycles. The van der Waals surface area contributed by atoms with Crippen molar-refractivity contribution in [2.24, 2.45) is 5.92 Å². The molecule has 0 aromatic heterocycles. The molecule has 0 heterocycles. The third kappa shape index (κ3) is 5.36. The van der Waals surface area contributed by atoms with Gasteiger partial charge in [-0.1, -0.05) is 18.6 Å². The Morgan fingerprint density at radius 3 is 2.43 bits per heavy atom. The minimum Gasteiger partial charge on any atom is -0.337 e. The van der Waals surface area contributed by atoms with Crippen LogP contribution in [0.3, 0.4) is 0 Å². The van der Waals surface area contributed by atoms with Crippen molar-refractivity contribution in [1.82, 2.24) is 4.90 Å². The third-order valence-corrected chi connectivity index (χ3v) is 4.97. The van der Waals surface area contributed by atoms with E-state index in [0.29, 0.717) is 36.6 Å². The summed E-state index contributed by atoms with van der Waals surface area (Å²) in [7, 11) is -3.08. The van der Waals surface area contributed by atoms with Crippen LogP contribution in [-0.4, -0.2) is 38.6 Å². The highest BCUT2D eigenvalue weighted by Crippen LogP contribution is 2.27. The summed E-state index contributed by atoms with van der Waals surface area (Å²) >= 11 is 0. The number of sulfone groups is 1. The maximum absolute atomic E-state index is 12.6. The summed E-state index contributed by atoms with van der Waals surface area (Å²) in [6, 6.07) is 8.79. The molecule has 1 aliphatic carbocycles. The molecule has 1 aromatic carbocycles. The van der Waals surface area contributed by atoms with Crippen LogP contribution in [0.25, 0.3) is 0 Å². The molecule has 5 nitrogen and oxygen atoms in total. The third-order valence-electron chi connectivity index (χ3n) is 4.11. The van der Waals surface area contributed by atoms with Gasteiger partial charge < -0.3 is 4.90 Å². The first-order valence-electron chi connectivity index (χ1n) is 7.82. The number of carbonyl (C=O) groups is 1. The van der Waals surface area contributed by atoms with Gasteiger partial charge in [0, 0.05) is 24.9 Å². The van der Waals surface area contributed by atoms with Crippen LogP contribution in [0.2, 0.25) is 0 Å². The highest BCUT2D eigenvalue weighted by Gasteiger charge is 2.24. The van der Waals surface area contributed by atoms with Gasteiger partial charge in [0.15, 0.2) is 9.84 Å². The van der Waals surface area contributed by atoms with E-state index in [1.54, 1.807) is 29.2 Å². The summed E-state index contributed by atoms with van der Waals surface area (Å²) in [6.45, 7) is 1.14. The van der Waals surface area contributed by atoms with Gasteiger partial charge in [0.2, 0.25) is 0 Å². The Morgan fingerprint density at radius 2 is 1.96 bits per heavy atom. The first kappa shape index (κ1) is 17.5. The number of hydrogen-bond donors (Lipinski definition) is 0. The topological polar surface area (TPSA) is 78.2 Å². The van der Waals surface area contributed by atoms with Crippen molar-refractivity contribution in [1.29, 1.82) is 5.26 Å². The maximum atomic E-state index is 12.6. The molecule has 1 fully saturated rings. The molecular formula is C17H22N2O3S. The standard InChI is InChI=1S/C17H22N2O3S/c1-23(21,22)13-15-6-8-16(9-7-15)17(20)19(11-3-10-18)12-14-4-2-5-14/h6-9,14H,2-5,11-13H2,1H3. The number of nitriles is 1. The average Bonchev–Trinajstić information content (AvgIpc) is 2.44. The molecule has 2 rings (SSSR count). The molecule has 0 atom stereocenters. The summed E-state index contributed by atoms with van der Waals surface area (Å²) in [6.07, 6.45) is 5.01. The number of carbonyl (C=O) groups excluding carboxylic acids is 1. The summed E-state index contributed by atoms with van der Waals surface area (Å²) in [5.41, 5.74) is 1.21. The average molecular weight is 334 g/mol. The van der Waals surface area contributed by atoms with Crippen LogP contribution >= 0.6 is 0 Å². The van der Waals surface area contributed by atoms with Crippen molar-refractivity contribution in [3.63, 3.8) is 0 Å². The van der Waals surface area contributed by atoms with E-state index in [1.165, 1.54) is 12.7 Å². The summed E-state index contributed by atoms with van der Waals surface area (Å²) in [4.78, 5) is 14.4.